The van der Waals surface area contributed by atoms with Gasteiger partial charge < -0.3 is 9.84 Å². The molecule has 0 spiro atoms. The number of hydrogen-bond donors (Lipinski definition) is 1. The van der Waals surface area contributed by atoms with Crippen LogP contribution in [-0.2, 0) is 11.3 Å². The monoisotopic (exact) mass is 211 g/mol. The van der Waals surface area contributed by atoms with Crippen molar-refractivity contribution in [3.8, 4) is 0 Å². The fraction of sp³-hybridized carbons (Fsp3) is 0.700. The van der Waals surface area contributed by atoms with Crippen LogP contribution >= 0.6 is 0 Å². The molecule has 84 valence electrons. The lowest BCUT2D eigenvalue weighted by atomic mass is 10.3. The van der Waals surface area contributed by atoms with Gasteiger partial charge in [-0.15, -0.1) is 0 Å². The molecule has 5 nitrogen and oxygen atoms in total. The number of ether oxygens (including phenoxy) is 1. The summed E-state index contributed by atoms with van der Waals surface area (Å²) in [6.07, 6.45) is 3.23. The van der Waals surface area contributed by atoms with Gasteiger partial charge in [-0.2, -0.15) is 5.10 Å². The second kappa shape index (κ2) is 5.25. The predicted molar refractivity (Wildman–Crippen MR) is 55.5 cm³/mol. The summed E-state index contributed by atoms with van der Waals surface area (Å²) in [4.78, 5) is 2.22. The lowest BCUT2D eigenvalue weighted by molar-refractivity contribution is 0.0108. The van der Waals surface area contributed by atoms with Crippen LogP contribution in [0.25, 0.3) is 0 Å². The zero-order chi connectivity index (χ0) is 10.5. The zero-order valence-electron chi connectivity index (χ0n) is 8.75. The van der Waals surface area contributed by atoms with Gasteiger partial charge in [0.15, 0.2) is 0 Å². The first-order valence-corrected chi connectivity index (χ1v) is 5.30. The molecule has 0 bridgehead atoms. The smallest absolute Gasteiger partial charge is 0.0862 e. The highest BCUT2D eigenvalue weighted by atomic mass is 16.5. The Labute approximate surface area is 89.3 Å². The van der Waals surface area contributed by atoms with Gasteiger partial charge in [-0.05, 0) is 6.07 Å². The van der Waals surface area contributed by atoms with Gasteiger partial charge >= 0.3 is 0 Å². The molecule has 0 aliphatic carbocycles. The molecule has 1 aromatic rings. The average Bonchev–Trinajstić information content (AvgIpc) is 2.71. The fourth-order valence-corrected chi connectivity index (χ4v) is 1.76. The van der Waals surface area contributed by atoms with Crippen molar-refractivity contribution in [2.75, 3.05) is 32.8 Å². The first kappa shape index (κ1) is 10.6. The maximum absolute atomic E-state index is 9.83. The summed E-state index contributed by atoms with van der Waals surface area (Å²) >= 11 is 0. The summed E-state index contributed by atoms with van der Waals surface area (Å²) in [7, 11) is 0. The highest BCUT2D eigenvalue weighted by molar-refractivity contribution is 4.79. The summed E-state index contributed by atoms with van der Waals surface area (Å²) < 4.78 is 7.00. The van der Waals surface area contributed by atoms with Gasteiger partial charge in [-0.3, -0.25) is 9.58 Å². The van der Waals surface area contributed by atoms with Crippen LogP contribution in [0, 0.1) is 0 Å². The largest absolute Gasteiger partial charge is 0.390 e. The van der Waals surface area contributed by atoms with Gasteiger partial charge in [0.25, 0.3) is 0 Å². The van der Waals surface area contributed by atoms with Crippen LogP contribution in [0.1, 0.15) is 0 Å². The number of β-amino-alcohol motifs (C(OH)–C–C–N with tert-alkyl or cyclic N) is 1. The minimum atomic E-state index is -0.358. The quantitative estimate of drug-likeness (QED) is 0.734. The Morgan fingerprint density at radius 1 is 1.33 bits per heavy atom. The van der Waals surface area contributed by atoms with E-state index in [2.05, 4.69) is 10.00 Å². The minimum Gasteiger partial charge on any atom is -0.390 e. The molecule has 1 aliphatic rings. The van der Waals surface area contributed by atoms with Crippen LogP contribution in [0.3, 0.4) is 0 Å². The SMILES string of the molecule is OC(CN1CCOCC1)Cn1cccn1. The van der Waals surface area contributed by atoms with E-state index < -0.39 is 0 Å². The topological polar surface area (TPSA) is 50.5 Å². The Kier molecular flexibility index (Phi) is 3.71. The number of aromatic nitrogens is 2. The van der Waals surface area contributed by atoms with E-state index in [0.717, 1.165) is 26.3 Å². The van der Waals surface area contributed by atoms with Gasteiger partial charge in [0.1, 0.15) is 0 Å². The summed E-state index contributed by atoms with van der Waals surface area (Å²) in [6.45, 7) is 4.63. The third kappa shape index (κ3) is 3.30. The maximum atomic E-state index is 9.83. The molecule has 2 heterocycles. The minimum absolute atomic E-state index is 0.358. The zero-order valence-corrected chi connectivity index (χ0v) is 8.75. The Morgan fingerprint density at radius 3 is 2.80 bits per heavy atom. The second-order valence-electron chi connectivity index (χ2n) is 3.79. The van der Waals surface area contributed by atoms with E-state index in [0.29, 0.717) is 13.1 Å². The van der Waals surface area contributed by atoms with E-state index in [9.17, 15) is 5.11 Å². The van der Waals surface area contributed by atoms with Crippen molar-refractivity contribution in [3.63, 3.8) is 0 Å². The number of rotatable bonds is 4. The molecular weight excluding hydrogens is 194 g/mol. The molecule has 0 saturated carbocycles. The average molecular weight is 211 g/mol. The van der Waals surface area contributed by atoms with Crippen molar-refractivity contribution in [1.82, 2.24) is 14.7 Å². The van der Waals surface area contributed by atoms with Gasteiger partial charge in [-0.25, -0.2) is 0 Å². The molecule has 2 rings (SSSR count). The Bertz CT molecular complexity index is 270. The van der Waals surface area contributed by atoms with Crippen LogP contribution in [0.4, 0.5) is 0 Å². The van der Waals surface area contributed by atoms with E-state index in [4.69, 9.17) is 4.74 Å². The highest BCUT2D eigenvalue weighted by Gasteiger charge is 2.14. The summed E-state index contributed by atoms with van der Waals surface area (Å²) in [5, 5.41) is 13.9. The van der Waals surface area contributed by atoms with E-state index in [1.54, 1.807) is 10.9 Å². The van der Waals surface area contributed by atoms with Crippen LogP contribution in [-0.4, -0.2) is 58.7 Å². The molecule has 0 aromatic carbocycles. The molecule has 0 amide bonds. The molecule has 1 fully saturated rings. The van der Waals surface area contributed by atoms with Crippen molar-refractivity contribution < 1.29 is 9.84 Å². The molecule has 1 N–H and O–H groups in total. The first-order valence-electron chi connectivity index (χ1n) is 5.30. The van der Waals surface area contributed by atoms with Gasteiger partial charge in [0, 0.05) is 32.0 Å². The molecule has 1 unspecified atom stereocenters. The van der Waals surface area contributed by atoms with E-state index in [-0.39, 0.29) is 6.10 Å². The number of aliphatic hydroxyl groups is 1. The molecular formula is C10H17N3O2. The summed E-state index contributed by atoms with van der Waals surface area (Å²) in [5.74, 6) is 0. The van der Waals surface area contributed by atoms with Crippen LogP contribution in [0.15, 0.2) is 18.5 Å². The van der Waals surface area contributed by atoms with E-state index in [1.165, 1.54) is 0 Å². The Balaban J connectivity index is 1.74. The summed E-state index contributed by atoms with van der Waals surface area (Å²) in [6, 6.07) is 1.86. The van der Waals surface area contributed by atoms with Gasteiger partial charge in [-0.1, -0.05) is 0 Å². The molecule has 15 heavy (non-hydrogen) atoms. The van der Waals surface area contributed by atoms with Crippen molar-refractivity contribution in [2.45, 2.75) is 12.6 Å². The predicted octanol–water partition coefficient (Wildman–Crippen LogP) is -0.424. The third-order valence-corrected chi connectivity index (χ3v) is 2.53. The van der Waals surface area contributed by atoms with E-state index in [1.807, 2.05) is 12.3 Å². The van der Waals surface area contributed by atoms with Crippen molar-refractivity contribution in [3.05, 3.63) is 18.5 Å². The summed E-state index contributed by atoms with van der Waals surface area (Å²) in [5.41, 5.74) is 0. The van der Waals surface area contributed by atoms with E-state index >= 15 is 0 Å². The van der Waals surface area contributed by atoms with Crippen LogP contribution < -0.4 is 0 Å². The van der Waals surface area contributed by atoms with Crippen molar-refractivity contribution >= 4 is 0 Å². The first-order chi connectivity index (χ1) is 7.34. The molecule has 1 aromatic heterocycles. The number of hydrogen-bond acceptors (Lipinski definition) is 4. The normalized spacial score (nSPS) is 20.3. The number of morpholine rings is 1. The third-order valence-electron chi connectivity index (χ3n) is 2.53. The standard InChI is InChI=1S/C10H17N3O2/c14-10(9-13-3-1-2-11-13)8-12-4-6-15-7-5-12/h1-3,10,14H,4-9H2. The van der Waals surface area contributed by atoms with Crippen LogP contribution in [0.5, 0.6) is 0 Å². The van der Waals surface area contributed by atoms with Gasteiger partial charge in [0.05, 0.1) is 25.9 Å². The molecule has 1 atom stereocenters. The lowest BCUT2D eigenvalue weighted by Gasteiger charge is -2.28. The number of nitrogens with zero attached hydrogens (tertiary/aromatic N) is 3. The molecule has 1 aliphatic heterocycles. The highest BCUT2D eigenvalue weighted by Crippen LogP contribution is 2.00. The molecule has 0 radical (unpaired) electrons. The molecule has 1 saturated heterocycles. The Hall–Kier alpha value is -0.910. The van der Waals surface area contributed by atoms with Gasteiger partial charge in [0.2, 0.25) is 0 Å². The fourth-order valence-electron chi connectivity index (χ4n) is 1.76. The number of aliphatic hydroxyl groups excluding tert-OH is 1. The van der Waals surface area contributed by atoms with Crippen molar-refractivity contribution in [2.24, 2.45) is 0 Å². The maximum Gasteiger partial charge on any atom is 0.0862 e. The van der Waals surface area contributed by atoms with Crippen LogP contribution in [0.2, 0.25) is 0 Å². The van der Waals surface area contributed by atoms with Crippen molar-refractivity contribution in [1.29, 1.82) is 0 Å². The second-order valence-corrected chi connectivity index (χ2v) is 3.79. The Morgan fingerprint density at radius 2 is 2.13 bits per heavy atom. The molecule has 5 heteroatoms. The lowest BCUT2D eigenvalue weighted by Crippen LogP contribution is -2.42.